The number of rotatable bonds is 3. The highest BCUT2D eigenvalue weighted by Gasteiger charge is 2.46. The smallest absolute Gasteiger partial charge is 0.195 e. The Morgan fingerprint density at radius 2 is 1.88 bits per heavy atom. The van der Waals surface area contributed by atoms with Crippen LogP contribution in [0.15, 0.2) is 0 Å². The third kappa shape index (κ3) is 3.78. The van der Waals surface area contributed by atoms with Crippen LogP contribution >= 0.6 is 0 Å². The molecule has 0 amide bonds. The van der Waals surface area contributed by atoms with Crippen LogP contribution in [0.5, 0.6) is 0 Å². The van der Waals surface area contributed by atoms with E-state index in [1.165, 1.54) is 0 Å². The standard InChI is InChI=1S/C13H28O3Si/c1-12(2,3)17(5,6)16-13(14)9-7-8-11(10-13)15-4/h11,14H,7-10H2,1-6H3. The molecule has 0 saturated heterocycles. The van der Waals surface area contributed by atoms with E-state index >= 15 is 0 Å². The summed E-state index contributed by atoms with van der Waals surface area (Å²) < 4.78 is 11.5. The second kappa shape index (κ2) is 5.00. The Balaban J connectivity index is 2.72. The maximum atomic E-state index is 10.6. The Hall–Kier alpha value is 0.0969. The highest BCUT2D eigenvalue weighted by atomic mass is 28.4. The number of aliphatic hydroxyl groups is 1. The first-order chi connectivity index (χ1) is 7.60. The summed E-state index contributed by atoms with van der Waals surface area (Å²) in [7, 11) is -0.201. The summed E-state index contributed by atoms with van der Waals surface area (Å²) in [6.45, 7) is 10.9. The molecule has 1 saturated carbocycles. The molecular formula is C13H28O3Si. The van der Waals surface area contributed by atoms with E-state index in [1.807, 2.05) is 0 Å². The first-order valence-electron chi connectivity index (χ1n) is 6.55. The number of ether oxygens (including phenoxy) is 1. The van der Waals surface area contributed by atoms with E-state index in [0.29, 0.717) is 6.42 Å². The van der Waals surface area contributed by atoms with Gasteiger partial charge in [0.1, 0.15) is 0 Å². The number of hydrogen-bond donors (Lipinski definition) is 1. The summed E-state index contributed by atoms with van der Waals surface area (Å²) in [5, 5.41) is 10.7. The molecule has 0 radical (unpaired) electrons. The minimum absolute atomic E-state index is 0.128. The Labute approximate surface area is 107 Å². The van der Waals surface area contributed by atoms with Crippen molar-refractivity contribution >= 4 is 8.32 Å². The zero-order chi connectivity index (χ0) is 13.3. The Morgan fingerprint density at radius 3 is 2.35 bits per heavy atom. The third-order valence-electron chi connectivity index (χ3n) is 4.22. The molecule has 1 fully saturated rings. The van der Waals surface area contributed by atoms with Crippen molar-refractivity contribution in [1.82, 2.24) is 0 Å². The van der Waals surface area contributed by atoms with Gasteiger partial charge >= 0.3 is 0 Å². The maximum absolute atomic E-state index is 10.6. The van der Waals surface area contributed by atoms with Crippen molar-refractivity contribution < 1.29 is 14.3 Å². The summed E-state index contributed by atoms with van der Waals surface area (Å²) in [5.74, 6) is -0.970. The predicted molar refractivity (Wildman–Crippen MR) is 72.5 cm³/mol. The van der Waals surface area contributed by atoms with Crippen LogP contribution in [-0.2, 0) is 9.16 Å². The van der Waals surface area contributed by atoms with Crippen LogP contribution in [0.25, 0.3) is 0 Å². The predicted octanol–water partition coefficient (Wildman–Crippen LogP) is 3.29. The number of hydrogen-bond acceptors (Lipinski definition) is 3. The molecule has 4 heteroatoms. The molecule has 102 valence electrons. The first kappa shape index (κ1) is 15.2. The molecule has 1 aliphatic carbocycles. The van der Waals surface area contributed by atoms with Gasteiger partial charge in [0.2, 0.25) is 0 Å². The molecule has 0 aromatic heterocycles. The van der Waals surface area contributed by atoms with Crippen molar-refractivity contribution in [2.45, 2.75) is 76.5 Å². The maximum Gasteiger partial charge on any atom is 0.195 e. The fourth-order valence-electron chi connectivity index (χ4n) is 2.09. The van der Waals surface area contributed by atoms with Crippen molar-refractivity contribution in [2.75, 3.05) is 7.11 Å². The SMILES string of the molecule is COC1CCCC(O)(O[Si](C)(C)C(C)(C)C)C1. The van der Waals surface area contributed by atoms with Gasteiger partial charge < -0.3 is 14.3 Å². The largest absolute Gasteiger partial charge is 0.390 e. The molecule has 0 spiro atoms. The van der Waals surface area contributed by atoms with E-state index in [2.05, 4.69) is 33.9 Å². The van der Waals surface area contributed by atoms with E-state index in [4.69, 9.17) is 9.16 Å². The van der Waals surface area contributed by atoms with Crippen LogP contribution in [0, 0.1) is 0 Å². The summed E-state index contributed by atoms with van der Waals surface area (Å²) in [6.07, 6.45) is 3.48. The van der Waals surface area contributed by atoms with Gasteiger partial charge in [-0.15, -0.1) is 0 Å². The van der Waals surface area contributed by atoms with Gasteiger partial charge in [-0.2, -0.15) is 0 Å². The van der Waals surface area contributed by atoms with Gasteiger partial charge in [-0.25, -0.2) is 0 Å². The topological polar surface area (TPSA) is 38.7 Å². The van der Waals surface area contributed by atoms with Gasteiger partial charge in [0.05, 0.1) is 6.10 Å². The van der Waals surface area contributed by atoms with Crippen LogP contribution in [0.3, 0.4) is 0 Å². The van der Waals surface area contributed by atoms with E-state index < -0.39 is 14.1 Å². The molecule has 1 aliphatic rings. The van der Waals surface area contributed by atoms with Crippen molar-refractivity contribution in [3.63, 3.8) is 0 Å². The molecule has 0 heterocycles. The second-order valence-corrected chi connectivity index (χ2v) is 11.5. The van der Waals surface area contributed by atoms with Crippen molar-refractivity contribution in [2.24, 2.45) is 0 Å². The van der Waals surface area contributed by atoms with Gasteiger partial charge in [-0.3, -0.25) is 0 Å². The third-order valence-corrected chi connectivity index (χ3v) is 8.73. The summed E-state index contributed by atoms with van der Waals surface area (Å²) in [6, 6.07) is 0. The average molecular weight is 260 g/mol. The molecule has 1 rings (SSSR count). The Kier molecular flexibility index (Phi) is 4.45. The van der Waals surface area contributed by atoms with Crippen molar-refractivity contribution in [1.29, 1.82) is 0 Å². The normalized spacial score (nSPS) is 31.6. The molecule has 0 aromatic rings. The van der Waals surface area contributed by atoms with E-state index in [-0.39, 0.29) is 11.1 Å². The highest BCUT2D eigenvalue weighted by Crippen LogP contribution is 2.42. The summed E-state index contributed by atoms with van der Waals surface area (Å²) >= 11 is 0. The molecule has 3 nitrogen and oxygen atoms in total. The monoisotopic (exact) mass is 260 g/mol. The highest BCUT2D eigenvalue weighted by molar-refractivity contribution is 6.74. The van der Waals surface area contributed by atoms with Crippen LogP contribution in [0.1, 0.15) is 46.5 Å². The van der Waals surface area contributed by atoms with Crippen molar-refractivity contribution in [3.05, 3.63) is 0 Å². The van der Waals surface area contributed by atoms with Gasteiger partial charge in [0.25, 0.3) is 0 Å². The lowest BCUT2D eigenvalue weighted by atomic mass is 9.92. The van der Waals surface area contributed by atoms with Crippen LogP contribution < -0.4 is 0 Å². The Morgan fingerprint density at radius 1 is 1.29 bits per heavy atom. The molecule has 0 bridgehead atoms. The van der Waals surface area contributed by atoms with E-state index in [9.17, 15) is 5.11 Å². The van der Waals surface area contributed by atoms with Crippen molar-refractivity contribution in [3.8, 4) is 0 Å². The Bertz CT molecular complexity index is 260. The zero-order valence-corrected chi connectivity index (χ0v) is 13.2. The quantitative estimate of drug-likeness (QED) is 0.625. The van der Waals surface area contributed by atoms with Crippen LogP contribution in [0.2, 0.25) is 18.1 Å². The second-order valence-electron chi connectivity index (χ2n) is 6.76. The first-order valence-corrected chi connectivity index (χ1v) is 9.46. The van der Waals surface area contributed by atoms with E-state index in [0.717, 1.165) is 19.3 Å². The van der Waals surface area contributed by atoms with Gasteiger partial charge in [0.15, 0.2) is 14.1 Å². The lowest BCUT2D eigenvalue weighted by Crippen LogP contribution is -2.52. The van der Waals surface area contributed by atoms with E-state index in [1.54, 1.807) is 7.11 Å². The molecular weight excluding hydrogens is 232 g/mol. The van der Waals surface area contributed by atoms with Gasteiger partial charge in [-0.05, 0) is 31.0 Å². The fourth-order valence-corrected chi connectivity index (χ4v) is 3.53. The molecule has 1 N–H and O–H groups in total. The van der Waals surface area contributed by atoms with Crippen LogP contribution in [-0.4, -0.2) is 32.4 Å². The minimum Gasteiger partial charge on any atom is -0.390 e. The number of methoxy groups -OCH3 is 1. The van der Waals surface area contributed by atoms with Gasteiger partial charge in [-0.1, -0.05) is 20.8 Å². The fraction of sp³-hybridized carbons (Fsp3) is 1.00. The lowest BCUT2D eigenvalue weighted by molar-refractivity contribution is -0.191. The summed E-state index contributed by atoms with van der Waals surface area (Å²) in [4.78, 5) is 0. The zero-order valence-electron chi connectivity index (χ0n) is 12.2. The minimum atomic E-state index is -1.91. The molecule has 17 heavy (non-hydrogen) atoms. The molecule has 0 aliphatic heterocycles. The summed E-state index contributed by atoms with van der Waals surface area (Å²) in [5.41, 5.74) is 0. The van der Waals surface area contributed by atoms with Crippen LogP contribution in [0.4, 0.5) is 0 Å². The average Bonchev–Trinajstić information content (AvgIpc) is 2.14. The lowest BCUT2D eigenvalue weighted by Gasteiger charge is -2.45. The molecule has 0 aromatic carbocycles. The van der Waals surface area contributed by atoms with Gasteiger partial charge in [0, 0.05) is 20.0 Å². The molecule has 2 atom stereocenters. The molecule has 2 unspecified atom stereocenters.